The first-order valence-corrected chi connectivity index (χ1v) is 10.4. The molecule has 1 aromatic carbocycles. The van der Waals surface area contributed by atoms with E-state index in [4.69, 9.17) is 4.74 Å². The molecule has 3 amide bonds. The molecule has 8 nitrogen and oxygen atoms in total. The predicted octanol–water partition coefficient (Wildman–Crippen LogP) is 0.0119. The first-order chi connectivity index (χ1) is 14.0. The van der Waals surface area contributed by atoms with E-state index >= 15 is 0 Å². The molecule has 1 aromatic rings. The summed E-state index contributed by atoms with van der Waals surface area (Å²) in [5.74, 6) is -0.736. The van der Waals surface area contributed by atoms with Crippen LogP contribution in [0.5, 0.6) is 0 Å². The van der Waals surface area contributed by atoms with Gasteiger partial charge in [0, 0.05) is 51.3 Å². The number of imide groups is 1. The van der Waals surface area contributed by atoms with Crippen molar-refractivity contribution in [2.75, 3.05) is 32.8 Å². The molecule has 0 aromatic heterocycles. The van der Waals surface area contributed by atoms with Crippen molar-refractivity contribution in [2.24, 2.45) is 0 Å². The number of ether oxygens (including phenoxy) is 1. The molecule has 0 radical (unpaired) electrons. The standard InChI is InChI=1S/C21H26N4O4/c26-17-5-4-16(19(27)23-17)25-11-15-3-1-2-14(18(15)20(25)28)10-24-8-6-21(13-24)12-22-7-9-29-21/h1-3,16,22H,4-13H2,(H,23,26,27). The lowest BCUT2D eigenvalue weighted by atomic mass is 10.0. The molecule has 3 fully saturated rings. The van der Waals surface area contributed by atoms with Gasteiger partial charge < -0.3 is 15.0 Å². The number of hydrogen-bond acceptors (Lipinski definition) is 6. The van der Waals surface area contributed by atoms with E-state index < -0.39 is 6.04 Å². The molecule has 2 unspecified atom stereocenters. The maximum atomic E-state index is 13.2. The van der Waals surface area contributed by atoms with Crippen LogP contribution in [0, 0.1) is 0 Å². The smallest absolute Gasteiger partial charge is 0.255 e. The molecule has 2 N–H and O–H groups in total. The van der Waals surface area contributed by atoms with Crippen molar-refractivity contribution in [3.63, 3.8) is 0 Å². The van der Waals surface area contributed by atoms with Crippen LogP contribution >= 0.6 is 0 Å². The zero-order valence-corrected chi connectivity index (χ0v) is 16.4. The summed E-state index contributed by atoms with van der Waals surface area (Å²) in [5.41, 5.74) is 2.57. The molecule has 0 bridgehead atoms. The van der Waals surface area contributed by atoms with Crippen molar-refractivity contribution in [2.45, 2.75) is 44.0 Å². The second kappa shape index (κ2) is 7.19. The third-order valence-electron chi connectivity index (χ3n) is 6.56. The third-order valence-corrected chi connectivity index (χ3v) is 6.56. The molecule has 4 heterocycles. The molecule has 0 aliphatic carbocycles. The number of nitrogens with one attached hydrogen (secondary N) is 2. The summed E-state index contributed by atoms with van der Waals surface area (Å²) in [6.45, 7) is 5.44. The number of likely N-dealkylation sites (tertiary alicyclic amines) is 1. The van der Waals surface area contributed by atoms with Crippen LogP contribution in [0.15, 0.2) is 18.2 Å². The van der Waals surface area contributed by atoms with E-state index in [1.165, 1.54) is 0 Å². The molecule has 2 atom stereocenters. The molecule has 29 heavy (non-hydrogen) atoms. The Morgan fingerprint density at radius 2 is 2.14 bits per heavy atom. The third kappa shape index (κ3) is 3.35. The minimum Gasteiger partial charge on any atom is -0.371 e. The van der Waals surface area contributed by atoms with E-state index in [1.54, 1.807) is 4.90 Å². The number of carbonyl (C=O) groups excluding carboxylic acids is 3. The number of carbonyl (C=O) groups is 3. The van der Waals surface area contributed by atoms with E-state index in [-0.39, 0.29) is 29.7 Å². The fraction of sp³-hybridized carbons (Fsp3) is 0.571. The number of hydrogen-bond donors (Lipinski definition) is 2. The van der Waals surface area contributed by atoms with Gasteiger partial charge in [-0.15, -0.1) is 0 Å². The lowest BCUT2D eigenvalue weighted by Gasteiger charge is -2.34. The number of piperidine rings is 1. The highest BCUT2D eigenvalue weighted by atomic mass is 16.5. The van der Waals surface area contributed by atoms with Crippen LogP contribution in [0.25, 0.3) is 0 Å². The predicted molar refractivity (Wildman–Crippen MR) is 104 cm³/mol. The molecule has 0 saturated carbocycles. The monoisotopic (exact) mass is 398 g/mol. The van der Waals surface area contributed by atoms with Gasteiger partial charge in [-0.2, -0.15) is 0 Å². The van der Waals surface area contributed by atoms with Gasteiger partial charge in [0.25, 0.3) is 5.91 Å². The summed E-state index contributed by atoms with van der Waals surface area (Å²) in [5, 5.41) is 5.79. The lowest BCUT2D eigenvalue weighted by Crippen LogP contribution is -2.52. The van der Waals surface area contributed by atoms with Crippen LogP contribution in [0.1, 0.15) is 40.7 Å². The second-order valence-electron chi connectivity index (χ2n) is 8.52. The van der Waals surface area contributed by atoms with E-state index in [1.807, 2.05) is 18.2 Å². The molecular weight excluding hydrogens is 372 g/mol. The highest BCUT2D eigenvalue weighted by Gasteiger charge is 2.42. The highest BCUT2D eigenvalue weighted by molar-refractivity contribution is 6.05. The minimum absolute atomic E-state index is 0.102. The van der Waals surface area contributed by atoms with Gasteiger partial charge in [-0.1, -0.05) is 18.2 Å². The highest BCUT2D eigenvalue weighted by Crippen LogP contribution is 2.32. The van der Waals surface area contributed by atoms with Gasteiger partial charge >= 0.3 is 0 Å². The van der Waals surface area contributed by atoms with Crippen molar-refractivity contribution >= 4 is 17.7 Å². The average molecular weight is 398 g/mol. The number of fused-ring (bicyclic) bond motifs is 1. The Balaban J connectivity index is 1.33. The number of nitrogens with zero attached hydrogens (tertiary/aromatic N) is 2. The maximum Gasteiger partial charge on any atom is 0.255 e. The normalized spacial score (nSPS) is 30.1. The SMILES string of the molecule is O=C1CCC(N2Cc3cccc(CN4CCC5(CNCCO5)C4)c3C2=O)C(=O)N1. The van der Waals surface area contributed by atoms with E-state index in [9.17, 15) is 14.4 Å². The summed E-state index contributed by atoms with van der Waals surface area (Å²) < 4.78 is 6.07. The Morgan fingerprint density at radius 1 is 1.24 bits per heavy atom. The molecule has 1 spiro atoms. The zero-order chi connectivity index (χ0) is 20.0. The fourth-order valence-corrected chi connectivity index (χ4v) is 5.09. The Labute approximate surface area is 169 Å². The Hall–Kier alpha value is -2.29. The first-order valence-electron chi connectivity index (χ1n) is 10.4. The Morgan fingerprint density at radius 3 is 2.93 bits per heavy atom. The van der Waals surface area contributed by atoms with Crippen LogP contribution in [0.3, 0.4) is 0 Å². The molecule has 154 valence electrons. The molecular formula is C21H26N4O4. The van der Waals surface area contributed by atoms with E-state index in [0.717, 1.165) is 55.9 Å². The quantitative estimate of drug-likeness (QED) is 0.698. The van der Waals surface area contributed by atoms with Crippen molar-refractivity contribution in [3.05, 3.63) is 34.9 Å². The number of amides is 3. The lowest BCUT2D eigenvalue weighted by molar-refractivity contribution is -0.136. The number of benzene rings is 1. The summed E-state index contributed by atoms with van der Waals surface area (Å²) in [6, 6.07) is 5.38. The van der Waals surface area contributed by atoms with Crippen LogP contribution < -0.4 is 10.6 Å². The second-order valence-corrected chi connectivity index (χ2v) is 8.52. The van der Waals surface area contributed by atoms with Crippen molar-refractivity contribution in [1.82, 2.24) is 20.4 Å². The molecule has 8 heteroatoms. The van der Waals surface area contributed by atoms with Gasteiger partial charge in [0.2, 0.25) is 11.8 Å². The van der Waals surface area contributed by atoms with E-state index in [2.05, 4.69) is 15.5 Å². The van der Waals surface area contributed by atoms with Crippen LogP contribution in [0.2, 0.25) is 0 Å². The van der Waals surface area contributed by atoms with Crippen molar-refractivity contribution in [1.29, 1.82) is 0 Å². The first kappa shape index (κ1) is 18.7. The van der Waals surface area contributed by atoms with E-state index in [0.29, 0.717) is 19.5 Å². The summed E-state index contributed by atoms with van der Waals surface area (Å²) >= 11 is 0. The van der Waals surface area contributed by atoms with Crippen molar-refractivity contribution < 1.29 is 19.1 Å². The molecule has 3 saturated heterocycles. The van der Waals surface area contributed by atoms with Gasteiger partial charge in [-0.25, -0.2) is 0 Å². The largest absolute Gasteiger partial charge is 0.371 e. The minimum atomic E-state index is -0.572. The van der Waals surface area contributed by atoms with Crippen molar-refractivity contribution in [3.8, 4) is 0 Å². The Bertz CT molecular complexity index is 864. The summed E-state index contributed by atoms with van der Waals surface area (Å²) in [7, 11) is 0. The summed E-state index contributed by atoms with van der Waals surface area (Å²) in [6.07, 6.45) is 1.65. The van der Waals surface area contributed by atoms with Gasteiger partial charge in [0.1, 0.15) is 6.04 Å². The topological polar surface area (TPSA) is 91.0 Å². The molecule has 4 aliphatic heterocycles. The number of rotatable bonds is 3. The molecule has 4 aliphatic rings. The van der Waals surface area contributed by atoms with Crippen LogP contribution in [-0.4, -0.2) is 72.0 Å². The van der Waals surface area contributed by atoms with Gasteiger partial charge in [-0.3, -0.25) is 24.6 Å². The van der Waals surface area contributed by atoms with Gasteiger partial charge in [0.05, 0.1) is 12.2 Å². The van der Waals surface area contributed by atoms with Crippen LogP contribution in [-0.2, 0) is 27.4 Å². The van der Waals surface area contributed by atoms with Gasteiger partial charge in [-0.05, 0) is 24.0 Å². The van der Waals surface area contributed by atoms with Crippen LogP contribution in [0.4, 0.5) is 0 Å². The number of morpholine rings is 1. The Kier molecular flexibility index (Phi) is 4.64. The molecule has 5 rings (SSSR count). The maximum absolute atomic E-state index is 13.2. The fourth-order valence-electron chi connectivity index (χ4n) is 5.09. The zero-order valence-electron chi connectivity index (χ0n) is 16.4. The van der Waals surface area contributed by atoms with Gasteiger partial charge in [0.15, 0.2) is 0 Å². The average Bonchev–Trinajstić information content (AvgIpc) is 3.24. The summed E-state index contributed by atoms with van der Waals surface area (Å²) in [4.78, 5) is 40.9.